The predicted molar refractivity (Wildman–Crippen MR) is 126 cm³/mol. The van der Waals surface area contributed by atoms with Gasteiger partial charge in [-0.2, -0.15) is 4.31 Å². The zero-order valence-electron chi connectivity index (χ0n) is 19.5. The van der Waals surface area contributed by atoms with E-state index in [1.54, 1.807) is 5.48 Å². The van der Waals surface area contributed by atoms with Crippen LogP contribution in [0.2, 0.25) is 0 Å². The Labute approximate surface area is 203 Å². The molecule has 0 aromatic carbocycles. The molecule has 2 aliphatic heterocycles. The number of halogens is 1. The van der Waals surface area contributed by atoms with Crippen LogP contribution in [0, 0.1) is 0 Å². The van der Waals surface area contributed by atoms with Crippen molar-refractivity contribution in [1.82, 2.24) is 19.6 Å². The summed E-state index contributed by atoms with van der Waals surface area (Å²) in [5.74, 6) is -0.696. The molecule has 1 aliphatic carbocycles. The highest BCUT2D eigenvalue weighted by Crippen LogP contribution is 2.33. The van der Waals surface area contributed by atoms with Gasteiger partial charge in [-0.15, -0.1) is 12.4 Å². The Morgan fingerprint density at radius 1 is 1.09 bits per heavy atom. The van der Waals surface area contributed by atoms with Gasteiger partial charge in [-0.25, -0.2) is 13.9 Å². The topological polar surface area (TPSA) is 119 Å². The number of nitrogens with one attached hydrogen (secondary N) is 1. The predicted octanol–water partition coefficient (Wildman–Crippen LogP) is 0.982. The van der Waals surface area contributed by atoms with E-state index in [-0.39, 0.29) is 44.4 Å². The Bertz CT molecular complexity index is 748. The Morgan fingerprint density at radius 2 is 1.70 bits per heavy atom. The van der Waals surface area contributed by atoms with Crippen molar-refractivity contribution in [3.8, 4) is 0 Å². The number of piperazine rings is 1. The number of carbonyl (C=O) groups is 2. The van der Waals surface area contributed by atoms with Gasteiger partial charge in [0.1, 0.15) is 0 Å². The molecule has 0 aromatic heterocycles. The lowest BCUT2D eigenvalue weighted by atomic mass is 9.94. The summed E-state index contributed by atoms with van der Waals surface area (Å²) in [6, 6.07) is 0.374. The van der Waals surface area contributed by atoms with E-state index in [1.807, 2.05) is 11.9 Å². The molecule has 2 amide bonds. The number of hydroxylamine groups is 1. The zero-order valence-corrected chi connectivity index (χ0v) is 21.2. The molecule has 12 heteroatoms. The molecule has 3 fully saturated rings. The van der Waals surface area contributed by atoms with Crippen LogP contribution in [0.1, 0.15) is 57.8 Å². The first kappa shape index (κ1) is 28.3. The van der Waals surface area contributed by atoms with Crippen molar-refractivity contribution >= 4 is 34.2 Å². The minimum atomic E-state index is -3.95. The highest BCUT2D eigenvalue weighted by Gasteiger charge is 2.54. The Hall–Kier alpha value is -0.980. The van der Waals surface area contributed by atoms with E-state index in [4.69, 9.17) is 9.94 Å². The summed E-state index contributed by atoms with van der Waals surface area (Å²) in [6.45, 7) is 2.76. The molecule has 0 radical (unpaired) electrons. The second-order valence-corrected chi connectivity index (χ2v) is 11.4. The average molecular weight is 511 g/mol. The Balaban J connectivity index is 0.00000385. The maximum atomic E-state index is 13.3. The van der Waals surface area contributed by atoms with Crippen LogP contribution >= 0.6 is 12.4 Å². The molecule has 1 saturated carbocycles. The van der Waals surface area contributed by atoms with Crippen molar-refractivity contribution in [3.63, 3.8) is 0 Å². The van der Waals surface area contributed by atoms with Crippen molar-refractivity contribution in [2.75, 3.05) is 53.0 Å². The van der Waals surface area contributed by atoms with Crippen LogP contribution in [0.5, 0.6) is 0 Å². The normalized spacial score (nSPS) is 22.8. The molecule has 3 rings (SSSR count). The zero-order chi connectivity index (χ0) is 23.2. The van der Waals surface area contributed by atoms with Crippen molar-refractivity contribution < 1.29 is 28.0 Å². The summed E-state index contributed by atoms with van der Waals surface area (Å²) in [5.41, 5.74) is 1.55. The SMILES string of the molecule is CN(C(=O)CCCN1CCN(S(=O)(=O)C2(C(=O)NO)CCOCC2)CC1)C1CCCCC1.Cl. The third-order valence-corrected chi connectivity index (χ3v) is 9.99. The molecule has 0 aromatic rings. The van der Waals surface area contributed by atoms with E-state index in [9.17, 15) is 18.0 Å². The average Bonchev–Trinajstić information content (AvgIpc) is 2.84. The van der Waals surface area contributed by atoms with E-state index in [1.165, 1.54) is 23.6 Å². The third-order valence-electron chi connectivity index (χ3n) is 7.36. The smallest absolute Gasteiger partial charge is 0.266 e. The molecule has 0 unspecified atom stereocenters. The number of rotatable bonds is 8. The van der Waals surface area contributed by atoms with Gasteiger partial charge in [0.15, 0.2) is 4.75 Å². The summed E-state index contributed by atoms with van der Waals surface area (Å²) in [7, 11) is -2.03. The first-order valence-corrected chi connectivity index (χ1v) is 13.3. The number of nitrogens with zero attached hydrogens (tertiary/aromatic N) is 3. The van der Waals surface area contributed by atoms with Crippen molar-refractivity contribution in [3.05, 3.63) is 0 Å². The molecule has 3 aliphatic rings. The number of carbonyl (C=O) groups excluding carboxylic acids is 2. The molecule has 2 N–H and O–H groups in total. The van der Waals surface area contributed by atoms with Crippen LogP contribution in [0.25, 0.3) is 0 Å². The number of ether oxygens (including phenoxy) is 1. The van der Waals surface area contributed by atoms with Gasteiger partial charge in [-0.05, 0) is 25.8 Å². The lowest BCUT2D eigenvalue weighted by Crippen LogP contribution is -2.62. The summed E-state index contributed by atoms with van der Waals surface area (Å²) in [4.78, 5) is 29.0. The van der Waals surface area contributed by atoms with Crippen LogP contribution in [0.3, 0.4) is 0 Å². The third kappa shape index (κ3) is 6.37. The molecule has 33 heavy (non-hydrogen) atoms. The van der Waals surface area contributed by atoms with E-state index >= 15 is 0 Å². The molecule has 2 heterocycles. The second-order valence-electron chi connectivity index (χ2n) is 9.19. The van der Waals surface area contributed by atoms with Gasteiger partial charge in [0.05, 0.1) is 0 Å². The van der Waals surface area contributed by atoms with Gasteiger partial charge in [0, 0.05) is 71.7 Å². The van der Waals surface area contributed by atoms with E-state index in [0.29, 0.717) is 38.6 Å². The largest absolute Gasteiger partial charge is 0.381 e. The number of amides is 2. The van der Waals surface area contributed by atoms with Crippen LogP contribution in [-0.4, -0.2) is 103 Å². The minimum Gasteiger partial charge on any atom is -0.381 e. The van der Waals surface area contributed by atoms with Gasteiger partial charge in [0.2, 0.25) is 15.9 Å². The monoisotopic (exact) mass is 510 g/mol. The number of hydrogen-bond donors (Lipinski definition) is 2. The molecular weight excluding hydrogens is 472 g/mol. The van der Waals surface area contributed by atoms with Gasteiger partial charge in [-0.1, -0.05) is 19.3 Å². The van der Waals surface area contributed by atoms with Crippen LogP contribution in [0.15, 0.2) is 0 Å². The summed E-state index contributed by atoms with van der Waals surface area (Å²) in [5, 5.41) is 9.16. The van der Waals surface area contributed by atoms with Gasteiger partial charge >= 0.3 is 0 Å². The molecule has 0 atom stereocenters. The van der Waals surface area contributed by atoms with E-state index < -0.39 is 20.7 Å². The van der Waals surface area contributed by atoms with Crippen LogP contribution in [-0.2, 0) is 24.3 Å². The fourth-order valence-corrected chi connectivity index (χ4v) is 7.25. The molecule has 192 valence electrons. The second kappa shape index (κ2) is 12.6. The van der Waals surface area contributed by atoms with Gasteiger partial charge < -0.3 is 14.5 Å². The maximum absolute atomic E-state index is 13.3. The lowest BCUT2D eigenvalue weighted by molar-refractivity contribution is -0.134. The summed E-state index contributed by atoms with van der Waals surface area (Å²) in [6.07, 6.45) is 7.16. The molecule has 10 nitrogen and oxygen atoms in total. The lowest BCUT2D eigenvalue weighted by Gasteiger charge is -2.41. The number of hydrogen-bond acceptors (Lipinski definition) is 7. The number of sulfonamides is 1. The van der Waals surface area contributed by atoms with Crippen molar-refractivity contribution in [1.29, 1.82) is 0 Å². The first-order valence-electron chi connectivity index (χ1n) is 11.8. The van der Waals surface area contributed by atoms with E-state index in [2.05, 4.69) is 4.90 Å². The highest BCUT2D eigenvalue weighted by atomic mass is 35.5. The summed E-state index contributed by atoms with van der Waals surface area (Å²) < 4.78 is 31.6. The van der Waals surface area contributed by atoms with Crippen LogP contribution < -0.4 is 5.48 Å². The highest BCUT2D eigenvalue weighted by molar-refractivity contribution is 7.91. The molecule has 0 bridgehead atoms. The van der Waals surface area contributed by atoms with E-state index in [0.717, 1.165) is 25.8 Å². The van der Waals surface area contributed by atoms with Gasteiger partial charge in [0.25, 0.3) is 5.91 Å². The fourth-order valence-electron chi connectivity index (χ4n) is 5.15. The van der Waals surface area contributed by atoms with Crippen molar-refractivity contribution in [2.45, 2.75) is 68.6 Å². The molecular formula is C21H39ClN4O6S. The molecule has 0 spiro atoms. The maximum Gasteiger partial charge on any atom is 0.266 e. The molecule has 2 saturated heterocycles. The first-order chi connectivity index (χ1) is 15.3. The quantitative estimate of drug-likeness (QED) is 0.369. The minimum absolute atomic E-state index is 0. The van der Waals surface area contributed by atoms with Crippen LogP contribution in [0.4, 0.5) is 0 Å². The standard InChI is InChI=1S/C21H38N4O6S.ClH/c1-23(18-6-3-2-4-7-18)19(26)8-5-11-24-12-14-25(15-13-24)32(29,30)21(20(27)22-28)9-16-31-17-10-21;/h18,28H,2-17H2,1H3,(H,22,27);1H. The van der Waals surface area contributed by atoms with Crippen molar-refractivity contribution in [2.24, 2.45) is 0 Å². The van der Waals surface area contributed by atoms with Gasteiger partial charge in [-0.3, -0.25) is 14.8 Å². The fraction of sp³-hybridized carbons (Fsp3) is 0.905. The summed E-state index contributed by atoms with van der Waals surface area (Å²) >= 11 is 0. The Morgan fingerprint density at radius 3 is 2.27 bits per heavy atom. The Kier molecular flexibility index (Phi) is 10.8.